The molecule has 0 saturated heterocycles. The molecular formula is C8H6F2N2O6S. The summed E-state index contributed by atoms with van der Waals surface area (Å²) in [5.41, 5.74) is -1.24. The zero-order valence-corrected chi connectivity index (χ0v) is 9.78. The quantitative estimate of drug-likeness (QED) is 0.591. The largest absolute Gasteiger partial charge is 0.480 e. The summed E-state index contributed by atoms with van der Waals surface area (Å²) in [6.07, 6.45) is 0. The number of hydrogen-bond acceptors (Lipinski definition) is 5. The van der Waals surface area contributed by atoms with Crippen LogP contribution in [0.4, 0.5) is 14.5 Å². The normalized spacial score (nSPS) is 11.3. The monoisotopic (exact) mass is 296 g/mol. The number of halogens is 2. The Morgan fingerprint density at radius 2 is 1.95 bits per heavy atom. The molecule has 0 saturated carbocycles. The molecule has 0 bridgehead atoms. The van der Waals surface area contributed by atoms with Gasteiger partial charge in [0.25, 0.3) is 0 Å². The van der Waals surface area contributed by atoms with Gasteiger partial charge in [-0.05, 0) is 0 Å². The Balaban J connectivity index is 3.30. The fourth-order valence-corrected chi connectivity index (χ4v) is 2.15. The maximum Gasteiger partial charge on any atom is 0.318 e. The van der Waals surface area contributed by atoms with Crippen LogP contribution in [0.3, 0.4) is 0 Å². The number of nitro benzene ring substituents is 1. The molecule has 104 valence electrons. The molecule has 1 aromatic rings. The van der Waals surface area contributed by atoms with Crippen molar-refractivity contribution in [2.45, 2.75) is 4.90 Å². The number of hydrogen-bond donors (Lipinski definition) is 2. The van der Waals surface area contributed by atoms with Gasteiger partial charge >= 0.3 is 11.7 Å². The fourth-order valence-electron chi connectivity index (χ4n) is 1.10. The number of nitro groups is 1. The van der Waals surface area contributed by atoms with E-state index in [1.807, 2.05) is 0 Å². The number of nitrogens with zero attached hydrogens (tertiary/aromatic N) is 1. The van der Waals surface area contributed by atoms with E-state index < -0.39 is 49.7 Å². The molecule has 0 aliphatic rings. The van der Waals surface area contributed by atoms with E-state index in [9.17, 15) is 32.1 Å². The van der Waals surface area contributed by atoms with Crippen molar-refractivity contribution in [1.29, 1.82) is 0 Å². The summed E-state index contributed by atoms with van der Waals surface area (Å²) < 4.78 is 50.7. The number of aliphatic carboxylic acids is 1. The predicted octanol–water partition coefficient (Wildman–Crippen LogP) is 0.236. The molecule has 0 atom stereocenters. The second kappa shape index (κ2) is 5.24. The van der Waals surface area contributed by atoms with Gasteiger partial charge in [-0.1, -0.05) is 0 Å². The molecule has 0 spiro atoms. The Morgan fingerprint density at radius 1 is 1.37 bits per heavy atom. The van der Waals surface area contributed by atoms with Gasteiger partial charge in [0.15, 0.2) is 0 Å². The minimum Gasteiger partial charge on any atom is -0.480 e. The van der Waals surface area contributed by atoms with Crippen LogP contribution < -0.4 is 4.72 Å². The van der Waals surface area contributed by atoms with Gasteiger partial charge < -0.3 is 5.11 Å². The summed E-state index contributed by atoms with van der Waals surface area (Å²) in [6.45, 7) is -1.05. The molecule has 8 nitrogen and oxygen atoms in total. The van der Waals surface area contributed by atoms with Gasteiger partial charge in [0, 0.05) is 12.1 Å². The van der Waals surface area contributed by atoms with E-state index in [0.29, 0.717) is 0 Å². The first-order valence-corrected chi connectivity index (χ1v) is 5.98. The van der Waals surface area contributed by atoms with E-state index in [4.69, 9.17) is 5.11 Å². The second-order valence-corrected chi connectivity index (χ2v) is 4.94. The Hall–Kier alpha value is -2.14. The molecule has 0 aliphatic carbocycles. The van der Waals surface area contributed by atoms with Gasteiger partial charge in [0.05, 0.1) is 4.92 Å². The minimum atomic E-state index is -4.64. The van der Waals surface area contributed by atoms with E-state index >= 15 is 0 Å². The van der Waals surface area contributed by atoms with Crippen LogP contribution in [0.1, 0.15) is 0 Å². The summed E-state index contributed by atoms with van der Waals surface area (Å²) in [6, 6.07) is 0.211. The van der Waals surface area contributed by atoms with Crippen LogP contribution in [-0.2, 0) is 14.8 Å². The summed E-state index contributed by atoms with van der Waals surface area (Å²) >= 11 is 0. The van der Waals surface area contributed by atoms with Crippen molar-refractivity contribution in [3.63, 3.8) is 0 Å². The number of sulfonamides is 1. The number of rotatable bonds is 5. The molecular weight excluding hydrogens is 290 g/mol. The lowest BCUT2D eigenvalue weighted by atomic mass is 10.3. The molecule has 0 heterocycles. The lowest BCUT2D eigenvalue weighted by molar-refractivity contribution is -0.387. The summed E-state index contributed by atoms with van der Waals surface area (Å²) in [5.74, 6) is -4.65. The van der Waals surface area contributed by atoms with Crippen molar-refractivity contribution in [3.05, 3.63) is 33.9 Å². The maximum absolute atomic E-state index is 13.3. The van der Waals surface area contributed by atoms with Gasteiger partial charge in [-0.25, -0.2) is 12.8 Å². The van der Waals surface area contributed by atoms with Crippen LogP contribution in [0.2, 0.25) is 0 Å². The van der Waals surface area contributed by atoms with Crippen LogP contribution in [0.25, 0.3) is 0 Å². The second-order valence-electron chi connectivity index (χ2n) is 3.21. The Labute approximate surface area is 104 Å². The third kappa shape index (κ3) is 3.42. The molecule has 0 amide bonds. The van der Waals surface area contributed by atoms with E-state index in [2.05, 4.69) is 0 Å². The maximum atomic E-state index is 13.3. The fraction of sp³-hybridized carbons (Fsp3) is 0.125. The number of carbonyl (C=O) groups is 1. The highest BCUT2D eigenvalue weighted by atomic mass is 32.2. The predicted molar refractivity (Wildman–Crippen MR) is 55.8 cm³/mol. The van der Waals surface area contributed by atoms with Crippen LogP contribution in [0, 0.1) is 21.7 Å². The summed E-state index contributed by atoms with van der Waals surface area (Å²) in [7, 11) is -4.64. The van der Waals surface area contributed by atoms with Crippen molar-refractivity contribution < 1.29 is 32.0 Å². The third-order valence-corrected chi connectivity index (χ3v) is 3.32. The number of nitrogens with one attached hydrogen (secondary N) is 1. The molecule has 1 rings (SSSR count). The zero-order chi connectivity index (χ0) is 14.8. The first kappa shape index (κ1) is 14.9. The van der Waals surface area contributed by atoms with Crippen LogP contribution in [0.15, 0.2) is 17.0 Å². The molecule has 11 heteroatoms. The van der Waals surface area contributed by atoms with Crippen molar-refractivity contribution in [1.82, 2.24) is 4.72 Å². The van der Waals surface area contributed by atoms with Gasteiger partial charge in [0.1, 0.15) is 17.3 Å². The average Bonchev–Trinajstić information content (AvgIpc) is 2.25. The zero-order valence-electron chi connectivity index (χ0n) is 8.96. The molecule has 2 N–H and O–H groups in total. The highest BCUT2D eigenvalue weighted by Crippen LogP contribution is 2.24. The molecule has 1 aromatic carbocycles. The lowest BCUT2D eigenvalue weighted by Crippen LogP contribution is -2.30. The van der Waals surface area contributed by atoms with E-state index in [-0.39, 0.29) is 12.1 Å². The van der Waals surface area contributed by atoms with Gasteiger partial charge in [-0.3, -0.25) is 14.9 Å². The van der Waals surface area contributed by atoms with Crippen molar-refractivity contribution in [3.8, 4) is 0 Å². The summed E-state index contributed by atoms with van der Waals surface area (Å²) in [4.78, 5) is 18.2. The van der Waals surface area contributed by atoms with E-state index in [0.717, 1.165) is 0 Å². The van der Waals surface area contributed by atoms with Gasteiger partial charge in [-0.2, -0.15) is 9.11 Å². The lowest BCUT2D eigenvalue weighted by Gasteiger charge is -2.06. The molecule has 0 radical (unpaired) electrons. The minimum absolute atomic E-state index is 0.0352. The van der Waals surface area contributed by atoms with E-state index in [1.54, 1.807) is 0 Å². The van der Waals surface area contributed by atoms with Crippen molar-refractivity contribution in [2.75, 3.05) is 6.54 Å². The summed E-state index contributed by atoms with van der Waals surface area (Å²) in [5, 5.41) is 18.7. The standard InChI is InChI=1S/C8H6F2N2O6S/c9-4-1-5(10)7(2-6(4)12(15)16)19(17,18)11-3-8(13)14/h1-2,11H,3H2,(H,13,14). The Morgan fingerprint density at radius 3 is 2.42 bits per heavy atom. The number of carboxylic acid groups (broad SMARTS) is 1. The Bertz CT molecular complexity index is 645. The molecule has 0 fully saturated rings. The first-order chi connectivity index (χ1) is 8.65. The highest BCUT2D eigenvalue weighted by molar-refractivity contribution is 7.89. The topological polar surface area (TPSA) is 127 Å². The SMILES string of the molecule is O=C(O)CNS(=O)(=O)c1cc([N+](=O)[O-])c(F)cc1F. The van der Waals surface area contributed by atoms with Gasteiger partial charge in [0.2, 0.25) is 15.8 Å². The molecule has 0 aromatic heterocycles. The van der Waals surface area contributed by atoms with Crippen LogP contribution >= 0.6 is 0 Å². The highest BCUT2D eigenvalue weighted by Gasteiger charge is 2.26. The Kier molecular flexibility index (Phi) is 4.11. The van der Waals surface area contributed by atoms with Gasteiger partial charge in [-0.15, -0.1) is 0 Å². The number of benzene rings is 1. The van der Waals surface area contributed by atoms with Crippen LogP contribution in [0.5, 0.6) is 0 Å². The van der Waals surface area contributed by atoms with E-state index in [1.165, 1.54) is 4.72 Å². The molecule has 19 heavy (non-hydrogen) atoms. The third-order valence-electron chi connectivity index (χ3n) is 1.90. The van der Waals surface area contributed by atoms with Crippen molar-refractivity contribution >= 4 is 21.7 Å². The first-order valence-electron chi connectivity index (χ1n) is 4.50. The smallest absolute Gasteiger partial charge is 0.318 e. The molecule has 0 aliphatic heterocycles. The molecule has 0 unspecified atom stereocenters. The van der Waals surface area contributed by atoms with Crippen LogP contribution in [-0.4, -0.2) is 31.0 Å². The van der Waals surface area contributed by atoms with Crippen molar-refractivity contribution in [2.24, 2.45) is 0 Å². The number of carboxylic acids is 1. The average molecular weight is 296 g/mol.